The maximum atomic E-state index is 11.9. The quantitative estimate of drug-likeness (QED) is 0.379. The highest BCUT2D eigenvalue weighted by Crippen LogP contribution is 2.27. The second kappa shape index (κ2) is 6.60. The van der Waals surface area contributed by atoms with Crippen molar-refractivity contribution in [3.8, 4) is 23.7 Å². The first-order valence-corrected chi connectivity index (χ1v) is 8.10. The summed E-state index contributed by atoms with van der Waals surface area (Å²) in [6.07, 6.45) is 5.08. The summed E-state index contributed by atoms with van der Waals surface area (Å²) in [6.45, 7) is -0.0780. The zero-order chi connectivity index (χ0) is 16.4. The van der Waals surface area contributed by atoms with E-state index in [0.717, 1.165) is 9.13 Å². The third kappa shape index (κ3) is 3.33. The van der Waals surface area contributed by atoms with Gasteiger partial charge in [0.2, 0.25) is 0 Å². The summed E-state index contributed by atoms with van der Waals surface area (Å²) in [6, 6.07) is 11.1. The highest BCUT2D eigenvalue weighted by molar-refractivity contribution is 14.1. The predicted octanol–water partition coefficient (Wildman–Crippen LogP) is 4.28. The molecule has 0 aliphatic rings. The van der Waals surface area contributed by atoms with Gasteiger partial charge in [0.15, 0.2) is 6.61 Å². The maximum absolute atomic E-state index is 11.9. The van der Waals surface area contributed by atoms with Gasteiger partial charge in [-0.1, -0.05) is 29.7 Å². The molecule has 0 amide bonds. The number of imidazole rings is 1. The molecule has 0 spiro atoms. The molecule has 0 bridgehead atoms. The predicted molar refractivity (Wildman–Crippen MR) is 98.4 cm³/mol. The van der Waals surface area contributed by atoms with Crippen molar-refractivity contribution in [1.82, 2.24) is 9.97 Å². The van der Waals surface area contributed by atoms with Gasteiger partial charge in [0.1, 0.15) is 11.3 Å². The number of benzene rings is 2. The topological polar surface area (TPSA) is 55.0 Å². The molecule has 0 saturated heterocycles. The molecule has 0 radical (unpaired) electrons. The number of rotatable bonds is 3. The van der Waals surface area contributed by atoms with E-state index in [1.54, 1.807) is 6.07 Å². The zero-order valence-corrected chi connectivity index (χ0v) is 14.7. The van der Waals surface area contributed by atoms with Gasteiger partial charge < -0.3 is 9.72 Å². The van der Waals surface area contributed by atoms with Gasteiger partial charge in [0, 0.05) is 9.13 Å². The number of carbonyl (C=O) groups excluding carboxylic acids is 1. The number of esters is 1. The molecule has 0 atom stereocenters. The van der Waals surface area contributed by atoms with Crippen LogP contribution < -0.4 is 0 Å². The van der Waals surface area contributed by atoms with Crippen LogP contribution in [0.25, 0.3) is 22.4 Å². The third-order valence-corrected chi connectivity index (χ3v) is 4.19. The van der Waals surface area contributed by atoms with Gasteiger partial charge in [-0.25, -0.2) is 9.78 Å². The van der Waals surface area contributed by atoms with E-state index in [4.69, 9.17) is 22.8 Å². The Hall–Kier alpha value is -2.04. The molecule has 1 aromatic heterocycles. The zero-order valence-electron chi connectivity index (χ0n) is 11.8. The van der Waals surface area contributed by atoms with Crippen LogP contribution in [0.4, 0.5) is 0 Å². The van der Waals surface area contributed by atoms with Crippen molar-refractivity contribution in [2.45, 2.75) is 0 Å². The van der Waals surface area contributed by atoms with Gasteiger partial charge in [-0.05, 0) is 46.9 Å². The van der Waals surface area contributed by atoms with Gasteiger partial charge in [0.25, 0.3) is 0 Å². The van der Waals surface area contributed by atoms with Gasteiger partial charge in [-0.2, -0.15) is 0 Å². The molecule has 0 aliphatic carbocycles. The Morgan fingerprint density at radius 3 is 2.78 bits per heavy atom. The Bertz CT molecular complexity index is 926. The number of nitrogens with zero attached hydrogens (tertiary/aromatic N) is 1. The van der Waals surface area contributed by atoms with Gasteiger partial charge in [-0.3, -0.25) is 0 Å². The number of hydrogen-bond acceptors (Lipinski definition) is 3. The average Bonchev–Trinajstić information content (AvgIpc) is 2.98. The molecular weight excluding hydrogens is 427 g/mol. The molecule has 3 rings (SSSR count). The monoisotopic (exact) mass is 436 g/mol. The fraction of sp³-hybridized carbons (Fsp3) is 0.0588. The molecule has 0 aliphatic heterocycles. The number of fused-ring (bicyclic) bond motifs is 1. The molecular formula is C17H10ClIN2O2. The summed E-state index contributed by atoms with van der Waals surface area (Å²) >= 11 is 8.48. The van der Waals surface area contributed by atoms with Crippen molar-refractivity contribution in [3.63, 3.8) is 0 Å². The highest BCUT2D eigenvalue weighted by Gasteiger charge is 2.14. The second-order valence-electron chi connectivity index (χ2n) is 4.73. The van der Waals surface area contributed by atoms with Crippen LogP contribution in [-0.2, 0) is 4.74 Å². The largest absolute Gasteiger partial charge is 0.449 e. The maximum Gasteiger partial charge on any atom is 0.339 e. The molecule has 0 fully saturated rings. The molecule has 23 heavy (non-hydrogen) atoms. The number of halogens is 2. The number of terminal acetylenes is 1. The van der Waals surface area contributed by atoms with Crippen molar-refractivity contribution in [3.05, 3.63) is 50.6 Å². The summed E-state index contributed by atoms with van der Waals surface area (Å²) in [5.74, 6) is 2.42. The van der Waals surface area contributed by atoms with E-state index < -0.39 is 5.97 Å². The number of nitrogens with one attached hydrogen (secondary N) is 1. The normalized spacial score (nSPS) is 10.5. The first-order chi connectivity index (χ1) is 11.1. The lowest BCUT2D eigenvalue weighted by Gasteiger charge is -2.02. The first-order valence-electron chi connectivity index (χ1n) is 6.64. The summed E-state index contributed by atoms with van der Waals surface area (Å²) in [5.41, 5.74) is 2.54. The molecule has 1 heterocycles. The van der Waals surface area contributed by atoms with Crippen LogP contribution >= 0.6 is 34.2 Å². The van der Waals surface area contributed by atoms with Crippen LogP contribution in [0.2, 0.25) is 5.02 Å². The van der Waals surface area contributed by atoms with Gasteiger partial charge in [0.05, 0.1) is 16.1 Å². The molecule has 0 unspecified atom stereocenters. The summed E-state index contributed by atoms with van der Waals surface area (Å²) < 4.78 is 6.05. The van der Waals surface area contributed by atoms with Crippen molar-refractivity contribution in [2.24, 2.45) is 0 Å². The molecule has 0 saturated carbocycles. The SMILES string of the molecule is C#CCOC(=O)c1cc(Cl)c2nc(-c3ccc(I)cc3)[nH]c2c1. The van der Waals surface area contributed by atoms with Crippen LogP contribution in [0.3, 0.4) is 0 Å². The Morgan fingerprint density at radius 1 is 1.35 bits per heavy atom. The second-order valence-corrected chi connectivity index (χ2v) is 6.38. The Labute approximate surface area is 151 Å². The lowest BCUT2D eigenvalue weighted by atomic mass is 10.2. The number of hydrogen-bond donors (Lipinski definition) is 1. The van der Waals surface area contributed by atoms with E-state index in [1.807, 2.05) is 24.3 Å². The lowest BCUT2D eigenvalue weighted by Crippen LogP contribution is -2.05. The summed E-state index contributed by atoms with van der Waals surface area (Å²) in [4.78, 5) is 19.6. The lowest BCUT2D eigenvalue weighted by molar-refractivity contribution is 0.0557. The molecule has 1 N–H and O–H groups in total. The van der Waals surface area contributed by atoms with Crippen molar-refractivity contribution in [1.29, 1.82) is 0 Å². The van der Waals surface area contributed by atoms with E-state index in [2.05, 4.69) is 38.5 Å². The fourth-order valence-electron chi connectivity index (χ4n) is 2.13. The van der Waals surface area contributed by atoms with Crippen LogP contribution in [0.15, 0.2) is 36.4 Å². The van der Waals surface area contributed by atoms with E-state index in [-0.39, 0.29) is 6.61 Å². The minimum absolute atomic E-state index is 0.0780. The Kier molecular flexibility index (Phi) is 4.55. The summed E-state index contributed by atoms with van der Waals surface area (Å²) in [5, 5.41) is 0.378. The first kappa shape index (κ1) is 15.8. The van der Waals surface area contributed by atoms with Crippen LogP contribution in [0.5, 0.6) is 0 Å². The van der Waals surface area contributed by atoms with E-state index in [0.29, 0.717) is 27.4 Å². The van der Waals surface area contributed by atoms with Crippen LogP contribution in [0.1, 0.15) is 10.4 Å². The average molecular weight is 437 g/mol. The molecule has 114 valence electrons. The molecule has 2 aromatic carbocycles. The minimum Gasteiger partial charge on any atom is -0.449 e. The smallest absolute Gasteiger partial charge is 0.339 e. The standard InChI is InChI=1S/C17H10ClIN2O2/c1-2-7-23-17(22)11-8-13(18)15-14(9-11)20-16(21-15)10-3-5-12(19)6-4-10/h1,3-6,8-9H,7H2,(H,20,21). The molecule has 3 aromatic rings. The number of carbonyl (C=O) groups is 1. The minimum atomic E-state index is -0.517. The number of H-pyrrole nitrogens is 1. The van der Waals surface area contributed by atoms with Crippen molar-refractivity contribution < 1.29 is 9.53 Å². The number of ether oxygens (including phenoxy) is 1. The van der Waals surface area contributed by atoms with Gasteiger partial charge in [-0.15, -0.1) is 6.42 Å². The highest BCUT2D eigenvalue weighted by atomic mass is 127. The van der Waals surface area contributed by atoms with Crippen LogP contribution in [-0.4, -0.2) is 22.5 Å². The molecule has 4 nitrogen and oxygen atoms in total. The van der Waals surface area contributed by atoms with Gasteiger partial charge >= 0.3 is 5.97 Å². The fourth-order valence-corrected chi connectivity index (χ4v) is 2.75. The Morgan fingerprint density at radius 2 is 2.09 bits per heavy atom. The van der Waals surface area contributed by atoms with E-state index in [9.17, 15) is 4.79 Å². The molecule has 6 heteroatoms. The van der Waals surface area contributed by atoms with Crippen molar-refractivity contribution in [2.75, 3.05) is 6.61 Å². The summed E-state index contributed by atoms with van der Waals surface area (Å²) in [7, 11) is 0. The third-order valence-electron chi connectivity index (χ3n) is 3.18. The number of aromatic amines is 1. The van der Waals surface area contributed by atoms with E-state index in [1.165, 1.54) is 6.07 Å². The van der Waals surface area contributed by atoms with E-state index >= 15 is 0 Å². The number of aromatic nitrogens is 2. The Balaban J connectivity index is 2.02. The van der Waals surface area contributed by atoms with Crippen LogP contribution in [0, 0.1) is 15.9 Å². The van der Waals surface area contributed by atoms with Crippen molar-refractivity contribution >= 4 is 51.2 Å².